The zero-order valence-corrected chi connectivity index (χ0v) is 12.3. The van der Waals surface area contributed by atoms with Gasteiger partial charge in [-0.2, -0.15) is 4.94 Å². The molecule has 0 atom stereocenters. The maximum atomic E-state index is 12.2. The molecule has 3 heterocycles. The Bertz CT molecular complexity index is 748. The van der Waals surface area contributed by atoms with Gasteiger partial charge in [0.15, 0.2) is 11.4 Å². The first-order chi connectivity index (χ1) is 10.5. The molecule has 0 saturated carbocycles. The molecule has 0 radical (unpaired) electrons. The lowest BCUT2D eigenvalue weighted by Crippen LogP contribution is -2.48. The number of nitrogens with zero attached hydrogens (tertiary/aromatic N) is 2. The van der Waals surface area contributed by atoms with Crippen molar-refractivity contribution in [1.82, 2.24) is 0 Å². The van der Waals surface area contributed by atoms with Gasteiger partial charge in [0.1, 0.15) is 12.1 Å². The molecule has 0 spiro atoms. The quantitative estimate of drug-likeness (QED) is 0.622. The van der Waals surface area contributed by atoms with Crippen LogP contribution in [0.4, 0.5) is 22.9 Å². The van der Waals surface area contributed by atoms with Crippen molar-refractivity contribution in [2.75, 3.05) is 22.4 Å². The van der Waals surface area contributed by atoms with E-state index in [-0.39, 0.29) is 0 Å². The first-order valence-corrected chi connectivity index (χ1v) is 7.04. The van der Waals surface area contributed by atoms with Crippen LogP contribution in [0, 0.1) is 5.21 Å². The van der Waals surface area contributed by atoms with Crippen LogP contribution in [0.5, 0.6) is 5.75 Å². The van der Waals surface area contributed by atoms with Crippen molar-refractivity contribution in [2.45, 2.75) is 19.4 Å². The third-order valence-electron chi connectivity index (χ3n) is 3.72. The SMILES string of the molecule is CC1(C)CN(c2cccc[n+]2[O-])c2cc3c(cc2O1)NON3. The van der Waals surface area contributed by atoms with Crippen LogP contribution in [-0.2, 0) is 4.94 Å². The minimum absolute atomic E-state index is 0.420. The van der Waals surface area contributed by atoms with Crippen LogP contribution < -0.4 is 25.3 Å². The van der Waals surface area contributed by atoms with Gasteiger partial charge in [-0.1, -0.05) is 6.07 Å². The van der Waals surface area contributed by atoms with Crippen LogP contribution in [0.15, 0.2) is 36.5 Å². The Labute approximate surface area is 127 Å². The van der Waals surface area contributed by atoms with E-state index in [0.717, 1.165) is 21.8 Å². The Kier molecular flexibility index (Phi) is 2.61. The maximum Gasteiger partial charge on any atom is 0.285 e. The molecule has 0 unspecified atom stereocenters. The molecule has 7 heteroatoms. The number of hydrogen-bond acceptors (Lipinski definition) is 6. The lowest BCUT2D eigenvalue weighted by Gasteiger charge is -2.36. The highest BCUT2D eigenvalue weighted by Crippen LogP contribution is 2.45. The Hall–Kier alpha value is -2.67. The fraction of sp³-hybridized carbons (Fsp3) is 0.267. The third kappa shape index (κ3) is 1.98. The molecule has 0 fully saturated rings. The van der Waals surface area contributed by atoms with E-state index in [4.69, 9.17) is 9.68 Å². The summed E-state index contributed by atoms with van der Waals surface area (Å²) in [5.74, 6) is 1.27. The molecule has 7 nitrogen and oxygen atoms in total. The monoisotopic (exact) mass is 300 g/mol. The number of rotatable bonds is 1. The molecular formula is C15H16N4O3. The van der Waals surface area contributed by atoms with Crippen molar-refractivity contribution < 1.29 is 14.4 Å². The van der Waals surface area contributed by atoms with E-state index < -0.39 is 5.60 Å². The second-order valence-corrected chi connectivity index (χ2v) is 6.00. The smallest absolute Gasteiger partial charge is 0.285 e. The minimum atomic E-state index is -0.420. The highest BCUT2D eigenvalue weighted by atomic mass is 16.8. The van der Waals surface area contributed by atoms with Gasteiger partial charge in [-0.15, -0.1) is 0 Å². The number of aromatic nitrogens is 1. The minimum Gasteiger partial charge on any atom is -0.711 e. The predicted molar refractivity (Wildman–Crippen MR) is 81.9 cm³/mol. The summed E-state index contributed by atoms with van der Waals surface area (Å²) >= 11 is 0. The normalized spacial score (nSPS) is 17.8. The van der Waals surface area contributed by atoms with Crippen LogP contribution in [0.2, 0.25) is 0 Å². The van der Waals surface area contributed by atoms with Gasteiger partial charge in [0.25, 0.3) is 5.82 Å². The zero-order valence-electron chi connectivity index (χ0n) is 12.3. The molecule has 22 heavy (non-hydrogen) atoms. The van der Waals surface area contributed by atoms with Crippen molar-refractivity contribution >= 4 is 22.9 Å². The topological polar surface area (TPSA) is 72.7 Å². The summed E-state index contributed by atoms with van der Waals surface area (Å²) in [6.07, 6.45) is 1.49. The van der Waals surface area contributed by atoms with Crippen molar-refractivity contribution in [3.8, 4) is 5.75 Å². The van der Waals surface area contributed by atoms with Gasteiger partial charge in [0, 0.05) is 18.2 Å². The van der Waals surface area contributed by atoms with Crippen molar-refractivity contribution in [2.24, 2.45) is 0 Å². The molecular weight excluding hydrogens is 284 g/mol. The van der Waals surface area contributed by atoms with E-state index in [9.17, 15) is 5.21 Å². The average Bonchev–Trinajstić information content (AvgIpc) is 2.91. The van der Waals surface area contributed by atoms with Crippen LogP contribution in [-0.4, -0.2) is 12.1 Å². The predicted octanol–water partition coefficient (Wildman–Crippen LogP) is 2.31. The number of pyridine rings is 1. The number of benzene rings is 1. The lowest BCUT2D eigenvalue weighted by molar-refractivity contribution is -0.592. The van der Waals surface area contributed by atoms with Crippen LogP contribution in [0.1, 0.15) is 13.8 Å². The molecule has 2 aromatic rings. The summed E-state index contributed by atoms with van der Waals surface area (Å²) in [4.78, 5) is 6.97. The fourth-order valence-corrected chi connectivity index (χ4v) is 2.79. The second-order valence-electron chi connectivity index (χ2n) is 6.00. The van der Waals surface area contributed by atoms with Crippen molar-refractivity contribution in [3.63, 3.8) is 0 Å². The van der Waals surface area contributed by atoms with E-state index in [2.05, 4.69) is 11.0 Å². The Morgan fingerprint density at radius 1 is 1.23 bits per heavy atom. The van der Waals surface area contributed by atoms with E-state index in [1.165, 1.54) is 6.20 Å². The number of nitrogens with one attached hydrogen (secondary N) is 2. The number of anilines is 4. The molecule has 0 saturated heterocycles. The zero-order chi connectivity index (χ0) is 15.3. The van der Waals surface area contributed by atoms with Gasteiger partial charge in [-0.3, -0.25) is 0 Å². The summed E-state index contributed by atoms with van der Waals surface area (Å²) in [6.45, 7) is 4.56. The first-order valence-electron chi connectivity index (χ1n) is 7.04. The molecule has 0 aliphatic carbocycles. The van der Waals surface area contributed by atoms with Crippen LogP contribution in [0.25, 0.3) is 0 Å². The standard InChI is InChI=1S/C15H16N4O3/c1-15(2)9-18(14-5-3-4-6-19(14)20)12-7-10-11(17-22-16-10)8-13(12)21-15/h3-8,16-17H,9H2,1-2H3. The molecule has 2 aliphatic rings. The lowest BCUT2D eigenvalue weighted by atomic mass is 10.0. The first kappa shape index (κ1) is 13.0. The van der Waals surface area contributed by atoms with E-state index in [0.29, 0.717) is 18.1 Å². The van der Waals surface area contributed by atoms with Crippen molar-refractivity contribution in [3.05, 3.63) is 41.7 Å². The van der Waals surface area contributed by atoms with Crippen LogP contribution >= 0.6 is 0 Å². The Morgan fingerprint density at radius 2 is 2.00 bits per heavy atom. The summed E-state index contributed by atoms with van der Waals surface area (Å²) in [6, 6.07) is 9.14. The van der Waals surface area contributed by atoms with Crippen molar-refractivity contribution in [1.29, 1.82) is 0 Å². The Balaban J connectivity index is 1.88. The molecule has 1 aromatic carbocycles. The molecule has 114 valence electrons. The van der Waals surface area contributed by atoms with E-state index in [1.54, 1.807) is 12.1 Å². The molecule has 4 rings (SSSR count). The van der Waals surface area contributed by atoms with Gasteiger partial charge < -0.3 is 9.94 Å². The number of ether oxygens (including phenoxy) is 1. The average molecular weight is 300 g/mol. The van der Waals surface area contributed by atoms with Gasteiger partial charge in [0.05, 0.1) is 17.6 Å². The summed E-state index contributed by atoms with van der Waals surface area (Å²) < 4.78 is 6.92. The van der Waals surface area contributed by atoms with E-state index in [1.807, 2.05) is 36.9 Å². The highest BCUT2D eigenvalue weighted by molar-refractivity contribution is 5.82. The maximum absolute atomic E-state index is 12.2. The molecule has 0 bridgehead atoms. The summed E-state index contributed by atoms with van der Waals surface area (Å²) in [7, 11) is 0. The van der Waals surface area contributed by atoms with Crippen LogP contribution in [0.3, 0.4) is 0 Å². The second kappa shape index (κ2) is 4.41. The van der Waals surface area contributed by atoms with E-state index >= 15 is 0 Å². The highest BCUT2D eigenvalue weighted by Gasteiger charge is 2.39. The third-order valence-corrected chi connectivity index (χ3v) is 3.72. The van der Waals surface area contributed by atoms with Gasteiger partial charge >= 0.3 is 0 Å². The van der Waals surface area contributed by atoms with Gasteiger partial charge in [-0.25, -0.2) is 20.6 Å². The largest absolute Gasteiger partial charge is 0.711 e. The molecule has 1 aromatic heterocycles. The molecule has 2 aliphatic heterocycles. The van der Waals surface area contributed by atoms with Gasteiger partial charge in [-0.05, 0) is 19.9 Å². The summed E-state index contributed by atoms with van der Waals surface area (Å²) in [5.41, 5.74) is 7.57. The fourth-order valence-electron chi connectivity index (χ4n) is 2.79. The molecule has 2 N–H and O–H groups in total. The summed E-state index contributed by atoms with van der Waals surface area (Å²) in [5, 5.41) is 12.2. The number of hydrogen-bond donors (Lipinski definition) is 2. The number of fused-ring (bicyclic) bond motifs is 2. The molecule has 0 amide bonds. The van der Waals surface area contributed by atoms with Gasteiger partial charge in [0.2, 0.25) is 0 Å². The Morgan fingerprint density at radius 3 is 2.77 bits per heavy atom.